The van der Waals surface area contributed by atoms with Gasteiger partial charge in [0.1, 0.15) is 5.75 Å². The van der Waals surface area contributed by atoms with Crippen LogP contribution >= 0.6 is 11.6 Å². The smallest absolute Gasteiger partial charge is 0.337 e. The lowest BCUT2D eigenvalue weighted by molar-refractivity contribution is 0.0600. The van der Waals surface area contributed by atoms with Crippen LogP contribution in [0.4, 0.5) is 0 Å². The summed E-state index contributed by atoms with van der Waals surface area (Å²) in [5.74, 6) is -0.476. The molecule has 0 bridgehead atoms. The Morgan fingerprint density at radius 1 is 1.07 bits per heavy atom. The van der Waals surface area contributed by atoms with Crippen LogP contribution in [-0.2, 0) is 21.2 Å². The standard InChI is InChI=1S/C19H20ClNO6S/c1-26-19(23)15-7-8-18(16(20)11-15)27-12-17(22)14-5-3-13(4-6-14)9-10-21-28(2,24)25/h3-8,11,21H,9-10,12H2,1-2H3. The number of ether oxygens (including phenoxy) is 2. The van der Waals surface area contributed by atoms with Crippen LogP contribution in [0.3, 0.4) is 0 Å². The van der Waals surface area contributed by atoms with Gasteiger partial charge in [-0.3, -0.25) is 4.79 Å². The van der Waals surface area contributed by atoms with Gasteiger partial charge < -0.3 is 9.47 Å². The molecule has 0 aliphatic rings. The van der Waals surface area contributed by atoms with Crippen LogP contribution in [0.2, 0.25) is 5.02 Å². The van der Waals surface area contributed by atoms with Gasteiger partial charge in [0, 0.05) is 12.1 Å². The maximum absolute atomic E-state index is 12.3. The fourth-order valence-corrected chi connectivity index (χ4v) is 3.04. The molecule has 2 rings (SSSR count). The molecule has 7 nitrogen and oxygen atoms in total. The Morgan fingerprint density at radius 2 is 1.71 bits per heavy atom. The van der Waals surface area contributed by atoms with Gasteiger partial charge in [-0.05, 0) is 30.2 Å². The quantitative estimate of drug-likeness (QED) is 0.489. The fourth-order valence-electron chi connectivity index (χ4n) is 2.33. The number of halogens is 1. The number of hydrogen-bond donors (Lipinski definition) is 1. The SMILES string of the molecule is COC(=O)c1ccc(OCC(=O)c2ccc(CCNS(C)(=O)=O)cc2)c(Cl)c1. The number of benzene rings is 2. The third-order valence-electron chi connectivity index (χ3n) is 3.77. The minimum absolute atomic E-state index is 0.199. The maximum Gasteiger partial charge on any atom is 0.337 e. The summed E-state index contributed by atoms with van der Waals surface area (Å²) < 4.78 is 34.6. The topological polar surface area (TPSA) is 98.8 Å². The fraction of sp³-hybridized carbons (Fsp3) is 0.263. The molecule has 0 saturated heterocycles. The van der Waals surface area contributed by atoms with Crippen LogP contribution in [0.25, 0.3) is 0 Å². The second-order valence-electron chi connectivity index (χ2n) is 5.96. The Kier molecular flexibility index (Phi) is 7.56. The maximum atomic E-state index is 12.3. The molecule has 0 aliphatic heterocycles. The van der Waals surface area contributed by atoms with E-state index in [2.05, 4.69) is 9.46 Å². The van der Waals surface area contributed by atoms with Gasteiger partial charge in [0.05, 0.1) is 24.0 Å². The van der Waals surface area contributed by atoms with E-state index in [1.54, 1.807) is 24.3 Å². The zero-order valence-electron chi connectivity index (χ0n) is 15.4. The van der Waals surface area contributed by atoms with Crippen molar-refractivity contribution in [3.05, 3.63) is 64.2 Å². The number of carbonyl (C=O) groups excluding carboxylic acids is 2. The lowest BCUT2D eigenvalue weighted by Gasteiger charge is -2.09. The lowest BCUT2D eigenvalue weighted by atomic mass is 10.1. The first kappa shape index (κ1) is 21.9. The summed E-state index contributed by atoms with van der Waals surface area (Å²) in [6.45, 7) is 0.0710. The van der Waals surface area contributed by atoms with Crippen LogP contribution in [0.5, 0.6) is 5.75 Å². The van der Waals surface area contributed by atoms with Gasteiger partial charge >= 0.3 is 5.97 Å². The number of ketones is 1. The van der Waals surface area contributed by atoms with Crippen LogP contribution < -0.4 is 9.46 Å². The number of carbonyl (C=O) groups is 2. The van der Waals surface area contributed by atoms with Crippen molar-refractivity contribution < 1.29 is 27.5 Å². The largest absolute Gasteiger partial charge is 0.484 e. The Bertz CT molecular complexity index is 957. The van der Waals surface area contributed by atoms with Crippen LogP contribution in [0.1, 0.15) is 26.3 Å². The third-order valence-corrected chi connectivity index (χ3v) is 4.79. The van der Waals surface area contributed by atoms with Gasteiger partial charge in [-0.2, -0.15) is 0 Å². The number of Topliss-reactive ketones (excluding diaryl/α,β-unsaturated/α-hetero) is 1. The minimum atomic E-state index is -3.22. The molecule has 2 aromatic rings. The summed E-state index contributed by atoms with van der Waals surface area (Å²) in [4.78, 5) is 23.7. The minimum Gasteiger partial charge on any atom is -0.484 e. The monoisotopic (exact) mass is 425 g/mol. The van der Waals surface area contributed by atoms with Crippen LogP contribution in [0.15, 0.2) is 42.5 Å². The van der Waals surface area contributed by atoms with Gasteiger partial charge in [-0.25, -0.2) is 17.9 Å². The van der Waals surface area contributed by atoms with Gasteiger partial charge in [0.2, 0.25) is 10.0 Å². The first-order valence-electron chi connectivity index (χ1n) is 8.27. The van der Waals surface area contributed by atoms with Gasteiger partial charge in [0.25, 0.3) is 0 Å². The Labute approximate surface area is 168 Å². The van der Waals surface area contributed by atoms with E-state index >= 15 is 0 Å². The first-order chi connectivity index (χ1) is 13.2. The first-order valence-corrected chi connectivity index (χ1v) is 10.5. The van der Waals surface area contributed by atoms with Gasteiger partial charge in [-0.1, -0.05) is 35.9 Å². The van der Waals surface area contributed by atoms with E-state index in [0.717, 1.165) is 11.8 Å². The summed E-state index contributed by atoms with van der Waals surface area (Å²) >= 11 is 6.07. The van der Waals surface area contributed by atoms with E-state index in [0.29, 0.717) is 12.0 Å². The average Bonchev–Trinajstić information content (AvgIpc) is 2.65. The normalized spacial score (nSPS) is 11.1. The van der Waals surface area contributed by atoms with E-state index in [1.165, 1.54) is 25.3 Å². The van der Waals surface area contributed by atoms with Gasteiger partial charge in [0.15, 0.2) is 12.4 Å². The van der Waals surface area contributed by atoms with Crippen molar-refractivity contribution in [1.82, 2.24) is 4.72 Å². The van der Waals surface area contributed by atoms with E-state index in [1.807, 2.05) is 0 Å². The molecule has 28 heavy (non-hydrogen) atoms. The molecule has 2 aromatic carbocycles. The molecule has 9 heteroatoms. The number of rotatable bonds is 9. The average molecular weight is 426 g/mol. The molecule has 0 fully saturated rings. The highest BCUT2D eigenvalue weighted by Gasteiger charge is 2.12. The van der Waals surface area contributed by atoms with Crippen molar-refractivity contribution in [3.8, 4) is 5.75 Å². The summed E-state index contributed by atoms with van der Waals surface area (Å²) in [5, 5.41) is 0.199. The Balaban J connectivity index is 1.92. The van der Waals surface area contributed by atoms with Crippen LogP contribution in [-0.4, -0.2) is 46.7 Å². The Morgan fingerprint density at radius 3 is 2.29 bits per heavy atom. The molecular weight excluding hydrogens is 406 g/mol. The van der Waals surface area contributed by atoms with Crippen molar-refractivity contribution in [1.29, 1.82) is 0 Å². The van der Waals surface area contributed by atoms with Crippen LogP contribution in [0, 0.1) is 0 Å². The molecular formula is C19H20ClNO6S. The summed E-state index contributed by atoms with van der Waals surface area (Å²) in [7, 11) is -1.95. The van der Waals surface area contributed by atoms with Crippen molar-refractivity contribution in [2.24, 2.45) is 0 Å². The second kappa shape index (κ2) is 9.68. The number of hydrogen-bond acceptors (Lipinski definition) is 6. The van der Waals surface area contributed by atoms with E-state index in [-0.39, 0.29) is 35.3 Å². The molecule has 0 aromatic heterocycles. The highest BCUT2D eigenvalue weighted by atomic mass is 35.5. The Hall–Kier alpha value is -2.42. The highest BCUT2D eigenvalue weighted by Crippen LogP contribution is 2.26. The molecule has 0 radical (unpaired) electrons. The van der Waals surface area contributed by atoms with Crippen molar-refractivity contribution in [2.45, 2.75) is 6.42 Å². The van der Waals surface area contributed by atoms with Crippen molar-refractivity contribution in [3.63, 3.8) is 0 Å². The predicted octanol–water partition coefficient (Wildman–Crippen LogP) is 2.48. The van der Waals surface area contributed by atoms with E-state index in [9.17, 15) is 18.0 Å². The molecule has 0 heterocycles. The number of nitrogens with one attached hydrogen (secondary N) is 1. The predicted molar refractivity (Wildman–Crippen MR) is 106 cm³/mol. The number of methoxy groups -OCH3 is 1. The molecule has 0 saturated carbocycles. The summed E-state index contributed by atoms with van der Waals surface area (Å²) in [5.41, 5.74) is 1.64. The molecule has 0 spiro atoms. The molecule has 1 N–H and O–H groups in total. The number of sulfonamides is 1. The number of esters is 1. The molecule has 0 aliphatic carbocycles. The van der Waals surface area contributed by atoms with Gasteiger partial charge in [-0.15, -0.1) is 0 Å². The lowest BCUT2D eigenvalue weighted by Crippen LogP contribution is -2.24. The molecule has 0 atom stereocenters. The molecule has 0 amide bonds. The highest BCUT2D eigenvalue weighted by molar-refractivity contribution is 7.88. The zero-order chi connectivity index (χ0) is 20.7. The molecule has 0 unspecified atom stereocenters. The third kappa shape index (κ3) is 6.63. The van der Waals surface area contributed by atoms with E-state index in [4.69, 9.17) is 16.3 Å². The summed E-state index contributed by atoms with van der Waals surface area (Å²) in [6.07, 6.45) is 1.62. The zero-order valence-corrected chi connectivity index (χ0v) is 17.0. The van der Waals surface area contributed by atoms with E-state index < -0.39 is 16.0 Å². The van der Waals surface area contributed by atoms with Crippen molar-refractivity contribution in [2.75, 3.05) is 26.5 Å². The summed E-state index contributed by atoms with van der Waals surface area (Å²) in [6, 6.07) is 11.2. The van der Waals surface area contributed by atoms with Crippen molar-refractivity contribution >= 4 is 33.4 Å². The second-order valence-corrected chi connectivity index (χ2v) is 8.20. The molecule has 150 valence electrons.